The minimum absolute atomic E-state index is 0.000642. The molecule has 0 radical (unpaired) electrons. The summed E-state index contributed by atoms with van der Waals surface area (Å²) in [4.78, 5) is 59.9. The lowest BCUT2D eigenvalue weighted by Crippen LogP contribution is -2.47. The summed E-state index contributed by atoms with van der Waals surface area (Å²) in [5, 5.41) is 16.1. The van der Waals surface area contributed by atoms with Crippen molar-refractivity contribution >= 4 is 46.7 Å². The highest BCUT2D eigenvalue weighted by molar-refractivity contribution is 6.32. The Morgan fingerprint density at radius 3 is 1.97 bits per heavy atom. The van der Waals surface area contributed by atoms with Gasteiger partial charge < -0.3 is 20.1 Å². The van der Waals surface area contributed by atoms with Gasteiger partial charge in [0.25, 0.3) is 11.6 Å². The van der Waals surface area contributed by atoms with Gasteiger partial charge in [0.15, 0.2) is 0 Å². The molecule has 2 amide bonds. The maximum atomic E-state index is 13.0. The third-order valence-corrected chi connectivity index (χ3v) is 5.00. The molecule has 2 aromatic carbocycles. The van der Waals surface area contributed by atoms with Crippen LogP contribution in [0, 0.1) is 16.0 Å². The van der Waals surface area contributed by atoms with E-state index in [0.717, 1.165) is 20.3 Å². The van der Waals surface area contributed by atoms with Gasteiger partial charge in [-0.3, -0.25) is 19.7 Å². The Morgan fingerprint density at radius 1 is 0.941 bits per heavy atom. The zero-order chi connectivity index (χ0) is 25.6. The number of carbonyl (C=O) groups excluding carboxylic acids is 4. The number of nitro groups is 1. The van der Waals surface area contributed by atoms with E-state index in [2.05, 4.69) is 20.1 Å². The predicted octanol–water partition coefficient (Wildman–Crippen LogP) is 3.21. The number of nitrogens with zero attached hydrogens (tertiary/aromatic N) is 1. The molecule has 0 saturated heterocycles. The number of halogens is 1. The van der Waals surface area contributed by atoms with Crippen LogP contribution in [0.4, 0.5) is 11.4 Å². The van der Waals surface area contributed by atoms with E-state index >= 15 is 0 Å². The second kappa shape index (κ2) is 11.2. The van der Waals surface area contributed by atoms with E-state index < -0.39 is 46.3 Å². The summed E-state index contributed by atoms with van der Waals surface area (Å²) in [6.45, 7) is 3.36. The first-order chi connectivity index (χ1) is 16.0. The van der Waals surface area contributed by atoms with Crippen molar-refractivity contribution in [3.63, 3.8) is 0 Å². The number of amides is 2. The van der Waals surface area contributed by atoms with Crippen LogP contribution in [0.25, 0.3) is 0 Å². The van der Waals surface area contributed by atoms with E-state index in [1.807, 2.05) is 0 Å². The number of hydrogen-bond acceptors (Lipinski definition) is 8. The van der Waals surface area contributed by atoms with Gasteiger partial charge in [-0.1, -0.05) is 25.4 Å². The highest BCUT2D eigenvalue weighted by Gasteiger charge is 2.26. The number of nitrogens with one attached hydrogen (secondary N) is 2. The van der Waals surface area contributed by atoms with Gasteiger partial charge in [-0.2, -0.15) is 0 Å². The molecule has 2 aromatic rings. The molecule has 0 aromatic heterocycles. The molecule has 180 valence electrons. The van der Waals surface area contributed by atoms with Crippen molar-refractivity contribution in [2.75, 3.05) is 19.5 Å². The molecule has 0 heterocycles. The van der Waals surface area contributed by atoms with Gasteiger partial charge in [-0.05, 0) is 36.2 Å². The molecular weight excluding hydrogens is 470 g/mol. The Bertz CT molecular complexity index is 1110. The maximum Gasteiger partial charge on any atom is 0.337 e. The third-order valence-electron chi connectivity index (χ3n) is 4.68. The third kappa shape index (κ3) is 6.29. The molecular formula is C22H22ClN3O8. The number of benzene rings is 2. The van der Waals surface area contributed by atoms with E-state index in [0.29, 0.717) is 0 Å². The molecule has 0 bridgehead atoms. The first kappa shape index (κ1) is 26.3. The minimum Gasteiger partial charge on any atom is -0.465 e. The first-order valence-electron chi connectivity index (χ1n) is 9.85. The fourth-order valence-corrected chi connectivity index (χ4v) is 3.13. The lowest BCUT2D eigenvalue weighted by Gasteiger charge is -2.22. The normalized spacial score (nSPS) is 11.4. The molecule has 0 spiro atoms. The Labute approximate surface area is 199 Å². The quantitative estimate of drug-likeness (QED) is 0.324. The minimum atomic E-state index is -1.06. The summed E-state index contributed by atoms with van der Waals surface area (Å²) < 4.78 is 9.34. The zero-order valence-electron chi connectivity index (χ0n) is 18.7. The standard InChI is InChI=1S/C22H22ClN3O8/c1-11(2)18(25-19(27)12-5-6-16(23)17(10-12)26(31)32)20(28)24-15-8-13(21(29)33-3)7-14(9-15)22(30)34-4/h5-11,18H,1-4H3,(H,24,28)(H,25,27). The van der Waals surface area contributed by atoms with Gasteiger partial charge in [-0.15, -0.1) is 0 Å². The van der Waals surface area contributed by atoms with Crippen molar-refractivity contribution in [2.24, 2.45) is 5.92 Å². The van der Waals surface area contributed by atoms with E-state index in [4.69, 9.17) is 11.6 Å². The van der Waals surface area contributed by atoms with Gasteiger partial charge in [0, 0.05) is 17.3 Å². The summed E-state index contributed by atoms with van der Waals surface area (Å²) in [5.41, 5.74) is -0.418. The van der Waals surface area contributed by atoms with Crippen molar-refractivity contribution in [1.82, 2.24) is 5.32 Å². The van der Waals surface area contributed by atoms with Crippen LogP contribution in [0.2, 0.25) is 5.02 Å². The van der Waals surface area contributed by atoms with Crippen LogP contribution >= 0.6 is 11.6 Å². The monoisotopic (exact) mass is 491 g/mol. The summed E-state index contributed by atoms with van der Waals surface area (Å²) >= 11 is 5.78. The Kier molecular flexibility index (Phi) is 8.68. The molecule has 1 atom stereocenters. The molecule has 2 rings (SSSR count). The fraction of sp³-hybridized carbons (Fsp3) is 0.273. The molecule has 0 saturated carbocycles. The number of methoxy groups -OCH3 is 2. The van der Waals surface area contributed by atoms with Gasteiger partial charge in [0.2, 0.25) is 5.91 Å². The molecule has 1 unspecified atom stereocenters. The second-order valence-corrected chi connectivity index (χ2v) is 7.80. The lowest BCUT2D eigenvalue weighted by molar-refractivity contribution is -0.384. The summed E-state index contributed by atoms with van der Waals surface area (Å²) in [6.07, 6.45) is 0. The average molecular weight is 492 g/mol. The van der Waals surface area contributed by atoms with Crippen LogP contribution in [0.15, 0.2) is 36.4 Å². The molecule has 0 aliphatic heterocycles. The Balaban J connectivity index is 2.31. The van der Waals surface area contributed by atoms with Crippen LogP contribution in [0.5, 0.6) is 0 Å². The average Bonchev–Trinajstić information content (AvgIpc) is 2.80. The zero-order valence-corrected chi connectivity index (χ0v) is 19.5. The van der Waals surface area contributed by atoms with Crippen molar-refractivity contribution < 1.29 is 33.6 Å². The fourth-order valence-electron chi connectivity index (χ4n) is 2.94. The predicted molar refractivity (Wildman–Crippen MR) is 122 cm³/mol. The van der Waals surface area contributed by atoms with E-state index in [9.17, 15) is 29.3 Å². The molecule has 0 fully saturated rings. The molecule has 11 nitrogen and oxygen atoms in total. The number of ether oxygens (including phenoxy) is 2. The van der Waals surface area contributed by atoms with E-state index in [-0.39, 0.29) is 27.4 Å². The molecule has 34 heavy (non-hydrogen) atoms. The molecule has 12 heteroatoms. The number of rotatable bonds is 8. The van der Waals surface area contributed by atoms with Crippen LogP contribution < -0.4 is 10.6 Å². The molecule has 2 N–H and O–H groups in total. The Morgan fingerprint density at radius 2 is 1.50 bits per heavy atom. The SMILES string of the molecule is COC(=O)c1cc(NC(=O)C(NC(=O)c2ccc(Cl)c([N+](=O)[O-])c2)C(C)C)cc(C(=O)OC)c1. The van der Waals surface area contributed by atoms with Gasteiger partial charge in [0.1, 0.15) is 11.1 Å². The highest BCUT2D eigenvalue weighted by Crippen LogP contribution is 2.25. The largest absolute Gasteiger partial charge is 0.465 e. The smallest absolute Gasteiger partial charge is 0.337 e. The maximum absolute atomic E-state index is 13.0. The topological polar surface area (TPSA) is 154 Å². The van der Waals surface area contributed by atoms with Crippen molar-refractivity contribution in [1.29, 1.82) is 0 Å². The van der Waals surface area contributed by atoms with Crippen molar-refractivity contribution in [3.05, 3.63) is 68.2 Å². The number of nitro benzene ring substituents is 1. The van der Waals surface area contributed by atoms with Gasteiger partial charge in [0.05, 0.1) is 30.3 Å². The number of anilines is 1. The number of carbonyl (C=O) groups is 4. The van der Waals surface area contributed by atoms with Gasteiger partial charge in [-0.25, -0.2) is 9.59 Å². The van der Waals surface area contributed by atoms with Crippen LogP contribution in [0.3, 0.4) is 0 Å². The Hall–Kier alpha value is -3.99. The van der Waals surface area contributed by atoms with Crippen molar-refractivity contribution in [2.45, 2.75) is 19.9 Å². The summed E-state index contributed by atoms with van der Waals surface area (Å²) in [6, 6.07) is 6.31. The summed E-state index contributed by atoms with van der Waals surface area (Å²) in [5.74, 6) is -3.24. The summed E-state index contributed by atoms with van der Waals surface area (Å²) in [7, 11) is 2.33. The number of esters is 2. The second-order valence-electron chi connectivity index (χ2n) is 7.39. The molecule has 0 aliphatic rings. The first-order valence-corrected chi connectivity index (χ1v) is 10.2. The highest BCUT2D eigenvalue weighted by atomic mass is 35.5. The number of hydrogen-bond donors (Lipinski definition) is 2. The van der Waals surface area contributed by atoms with Crippen LogP contribution in [0.1, 0.15) is 44.9 Å². The van der Waals surface area contributed by atoms with E-state index in [1.54, 1.807) is 13.8 Å². The lowest BCUT2D eigenvalue weighted by atomic mass is 10.0. The van der Waals surface area contributed by atoms with Crippen LogP contribution in [-0.4, -0.2) is 48.9 Å². The van der Waals surface area contributed by atoms with Gasteiger partial charge >= 0.3 is 11.9 Å². The van der Waals surface area contributed by atoms with Crippen molar-refractivity contribution in [3.8, 4) is 0 Å². The van der Waals surface area contributed by atoms with Crippen LogP contribution in [-0.2, 0) is 14.3 Å². The van der Waals surface area contributed by atoms with E-state index in [1.165, 1.54) is 30.3 Å². The molecule has 0 aliphatic carbocycles.